The average molecular weight is 146 g/mol. The van der Waals surface area contributed by atoms with Gasteiger partial charge in [-0.05, 0) is 12.1 Å². The normalized spacial score (nSPS) is 8.73. The lowest BCUT2D eigenvalue weighted by atomic mass is 10.2. The first-order chi connectivity index (χ1) is 5.24. The maximum absolute atomic E-state index is 10.7. The van der Waals surface area contributed by atoms with Gasteiger partial charge in [-0.15, -0.1) is 0 Å². The van der Waals surface area contributed by atoms with Gasteiger partial charge in [-0.25, -0.2) is 4.98 Å². The minimum Gasteiger partial charge on any atom is -0.293 e. The van der Waals surface area contributed by atoms with E-state index in [9.17, 15) is 4.79 Å². The molecular weight excluding hydrogens is 140 g/mol. The molecule has 0 radical (unpaired) electrons. The van der Waals surface area contributed by atoms with Crippen LogP contribution in [-0.4, -0.2) is 10.8 Å². The summed E-state index contributed by atoms with van der Waals surface area (Å²) in [4.78, 5) is 14.5. The van der Waals surface area contributed by atoms with Gasteiger partial charge in [0.05, 0.1) is 0 Å². The summed E-state index contributed by atoms with van der Waals surface area (Å²) in [5, 5.41) is 8.42. The number of Topliss-reactive ketones (excluding diaryl/α,β-unsaturated/α-hetero) is 1. The third-order valence-electron chi connectivity index (χ3n) is 1.22. The number of aromatic nitrogens is 1. The Morgan fingerprint density at radius 1 is 1.64 bits per heavy atom. The van der Waals surface area contributed by atoms with Crippen LogP contribution in [0.4, 0.5) is 0 Å². The van der Waals surface area contributed by atoms with Crippen molar-refractivity contribution in [1.29, 1.82) is 5.26 Å². The molecule has 0 bridgehead atoms. The smallest absolute Gasteiger partial charge is 0.178 e. The van der Waals surface area contributed by atoms with Gasteiger partial charge in [0.25, 0.3) is 0 Å². The first kappa shape index (κ1) is 7.42. The monoisotopic (exact) mass is 146 g/mol. The van der Waals surface area contributed by atoms with Crippen LogP contribution >= 0.6 is 0 Å². The molecule has 11 heavy (non-hydrogen) atoms. The Morgan fingerprint density at radius 2 is 2.36 bits per heavy atom. The van der Waals surface area contributed by atoms with Crippen molar-refractivity contribution in [3.63, 3.8) is 0 Å². The second kappa shape index (κ2) is 2.93. The van der Waals surface area contributed by atoms with Gasteiger partial charge >= 0.3 is 0 Å². The zero-order valence-electron chi connectivity index (χ0n) is 6.03. The van der Waals surface area contributed by atoms with Crippen molar-refractivity contribution in [2.45, 2.75) is 6.92 Å². The van der Waals surface area contributed by atoms with E-state index in [0.29, 0.717) is 5.69 Å². The lowest BCUT2D eigenvalue weighted by molar-refractivity contribution is 0.101. The molecule has 54 valence electrons. The second-order valence-corrected chi connectivity index (χ2v) is 2.08. The lowest BCUT2D eigenvalue weighted by Crippen LogP contribution is -1.97. The summed E-state index contributed by atoms with van der Waals surface area (Å²) < 4.78 is 0. The molecule has 0 aliphatic carbocycles. The molecule has 0 amide bonds. The van der Waals surface area contributed by atoms with Crippen LogP contribution in [0, 0.1) is 11.3 Å². The second-order valence-electron chi connectivity index (χ2n) is 2.08. The Morgan fingerprint density at radius 3 is 2.91 bits per heavy atom. The molecule has 1 aromatic rings. The van der Waals surface area contributed by atoms with Crippen molar-refractivity contribution in [3.8, 4) is 6.07 Å². The van der Waals surface area contributed by atoms with Crippen molar-refractivity contribution in [3.05, 3.63) is 29.6 Å². The minimum absolute atomic E-state index is 0.123. The molecule has 0 N–H and O–H groups in total. The van der Waals surface area contributed by atoms with E-state index in [1.165, 1.54) is 6.92 Å². The molecule has 0 saturated heterocycles. The van der Waals surface area contributed by atoms with E-state index in [1.54, 1.807) is 18.2 Å². The Kier molecular flexibility index (Phi) is 1.98. The number of rotatable bonds is 1. The van der Waals surface area contributed by atoms with E-state index in [1.807, 2.05) is 6.07 Å². The van der Waals surface area contributed by atoms with Gasteiger partial charge in [0.2, 0.25) is 0 Å². The number of nitrogens with zero attached hydrogens (tertiary/aromatic N) is 2. The van der Waals surface area contributed by atoms with E-state index >= 15 is 0 Å². The SMILES string of the molecule is CC(=O)c1cccc(C#N)n1. The number of ketones is 1. The molecule has 1 rings (SSSR count). The highest BCUT2D eigenvalue weighted by atomic mass is 16.1. The van der Waals surface area contributed by atoms with E-state index < -0.39 is 0 Å². The minimum atomic E-state index is -0.123. The Balaban J connectivity index is 3.13. The number of pyridine rings is 1. The molecule has 0 unspecified atom stereocenters. The zero-order chi connectivity index (χ0) is 8.27. The lowest BCUT2D eigenvalue weighted by Gasteiger charge is -1.92. The fourth-order valence-electron chi connectivity index (χ4n) is 0.693. The molecule has 0 saturated carbocycles. The van der Waals surface area contributed by atoms with Gasteiger partial charge in [-0.3, -0.25) is 4.79 Å². The first-order valence-corrected chi connectivity index (χ1v) is 3.12. The highest BCUT2D eigenvalue weighted by Crippen LogP contribution is 1.98. The molecular formula is C8H6N2O. The van der Waals surface area contributed by atoms with Crippen molar-refractivity contribution in [1.82, 2.24) is 4.98 Å². The van der Waals surface area contributed by atoms with Crippen LogP contribution in [0.1, 0.15) is 23.1 Å². The van der Waals surface area contributed by atoms with Gasteiger partial charge in [0, 0.05) is 6.92 Å². The molecule has 0 aliphatic heterocycles. The zero-order valence-corrected chi connectivity index (χ0v) is 6.03. The van der Waals surface area contributed by atoms with Crippen LogP contribution in [0.15, 0.2) is 18.2 Å². The molecule has 1 aromatic heterocycles. The van der Waals surface area contributed by atoms with E-state index in [4.69, 9.17) is 5.26 Å². The molecule has 0 fully saturated rings. The third-order valence-corrected chi connectivity index (χ3v) is 1.22. The number of carbonyl (C=O) groups is 1. The number of hydrogen-bond acceptors (Lipinski definition) is 3. The Bertz CT molecular complexity index is 325. The van der Waals surface area contributed by atoms with Crippen LogP contribution in [-0.2, 0) is 0 Å². The van der Waals surface area contributed by atoms with Crippen molar-refractivity contribution < 1.29 is 4.79 Å². The molecule has 3 nitrogen and oxygen atoms in total. The van der Waals surface area contributed by atoms with Gasteiger partial charge in [-0.1, -0.05) is 6.07 Å². The fraction of sp³-hybridized carbons (Fsp3) is 0.125. The van der Waals surface area contributed by atoms with Crippen molar-refractivity contribution in [2.75, 3.05) is 0 Å². The van der Waals surface area contributed by atoms with Gasteiger partial charge in [0.15, 0.2) is 5.78 Å². The third kappa shape index (κ3) is 1.62. The highest BCUT2D eigenvalue weighted by molar-refractivity contribution is 5.92. The molecule has 0 aromatic carbocycles. The summed E-state index contributed by atoms with van der Waals surface area (Å²) in [6.45, 7) is 1.42. The predicted molar refractivity (Wildman–Crippen MR) is 39.0 cm³/mol. The summed E-state index contributed by atoms with van der Waals surface area (Å²) in [7, 11) is 0. The summed E-state index contributed by atoms with van der Waals surface area (Å²) >= 11 is 0. The largest absolute Gasteiger partial charge is 0.293 e. The topological polar surface area (TPSA) is 53.8 Å². The maximum atomic E-state index is 10.7. The first-order valence-electron chi connectivity index (χ1n) is 3.12. The molecule has 0 atom stereocenters. The van der Waals surface area contributed by atoms with Gasteiger partial charge in [0.1, 0.15) is 17.5 Å². The summed E-state index contributed by atoms with van der Waals surface area (Å²) in [6, 6.07) is 6.65. The molecule has 0 aliphatic rings. The van der Waals surface area contributed by atoms with Crippen LogP contribution < -0.4 is 0 Å². The van der Waals surface area contributed by atoms with Crippen LogP contribution in [0.3, 0.4) is 0 Å². The summed E-state index contributed by atoms with van der Waals surface area (Å²) in [5.41, 5.74) is 0.613. The van der Waals surface area contributed by atoms with Crippen LogP contribution in [0.25, 0.3) is 0 Å². The van der Waals surface area contributed by atoms with Crippen LogP contribution in [0.5, 0.6) is 0 Å². The standard InChI is InChI=1S/C8H6N2O/c1-6(11)8-4-2-3-7(5-9)10-8/h2-4H,1H3. The Labute approximate surface area is 64.3 Å². The van der Waals surface area contributed by atoms with Gasteiger partial charge < -0.3 is 0 Å². The number of nitriles is 1. The average Bonchev–Trinajstić information content (AvgIpc) is 2.05. The molecule has 1 heterocycles. The molecule has 0 spiro atoms. The number of hydrogen-bond donors (Lipinski definition) is 0. The van der Waals surface area contributed by atoms with E-state index in [-0.39, 0.29) is 11.5 Å². The summed E-state index contributed by atoms with van der Waals surface area (Å²) in [6.07, 6.45) is 0. The fourth-order valence-corrected chi connectivity index (χ4v) is 0.693. The Hall–Kier alpha value is -1.69. The number of carbonyl (C=O) groups excluding carboxylic acids is 1. The molecule has 3 heteroatoms. The van der Waals surface area contributed by atoms with E-state index in [0.717, 1.165) is 0 Å². The van der Waals surface area contributed by atoms with Crippen molar-refractivity contribution in [2.24, 2.45) is 0 Å². The van der Waals surface area contributed by atoms with E-state index in [2.05, 4.69) is 4.98 Å². The highest BCUT2D eigenvalue weighted by Gasteiger charge is 2.00. The maximum Gasteiger partial charge on any atom is 0.178 e. The van der Waals surface area contributed by atoms with Crippen LogP contribution in [0.2, 0.25) is 0 Å². The van der Waals surface area contributed by atoms with Crippen molar-refractivity contribution >= 4 is 5.78 Å². The van der Waals surface area contributed by atoms with Gasteiger partial charge in [-0.2, -0.15) is 5.26 Å². The quantitative estimate of drug-likeness (QED) is 0.558. The summed E-state index contributed by atoms with van der Waals surface area (Å²) in [5.74, 6) is -0.123. The predicted octanol–water partition coefficient (Wildman–Crippen LogP) is 1.16.